The summed E-state index contributed by atoms with van der Waals surface area (Å²) in [7, 11) is -3.11. The molecule has 4 rings (SSSR count). The minimum Gasteiger partial charge on any atom is -0.468 e. The van der Waals surface area contributed by atoms with Crippen LogP contribution < -0.4 is 15.2 Å². The van der Waals surface area contributed by atoms with Crippen molar-refractivity contribution in [1.82, 2.24) is 14.6 Å². The van der Waals surface area contributed by atoms with Gasteiger partial charge in [-0.15, -0.1) is 0 Å². The number of carbonyl (C=O) groups is 1. The molecule has 0 saturated carbocycles. The van der Waals surface area contributed by atoms with Gasteiger partial charge in [0.15, 0.2) is 11.0 Å². The Morgan fingerprint density at radius 3 is 2.71 bits per heavy atom. The lowest BCUT2D eigenvalue weighted by atomic mass is 9.96. The van der Waals surface area contributed by atoms with Gasteiger partial charge in [0.2, 0.25) is 0 Å². The van der Waals surface area contributed by atoms with Crippen LogP contribution in [0.5, 0.6) is 5.75 Å². The number of esters is 1. The zero-order valence-corrected chi connectivity index (χ0v) is 22.5. The zero-order valence-electron chi connectivity index (χ0n) is 20.8. The van der Waals surface area contributed by atoms with Crippen molar-refractivity contribution in [3.8, 4) is 5.75 Å². The van der Waals surface area contributed by atoms with Gasteiger partial charge in [-0.25, -0.2) is 4.57 Å². The molecule has 0 amide bonds. The van der Waals surface area contributed by atoms with Gasteiger partial charge in [0.25, 0.3) is 5.56 Å². The molecule has 0 radical (unpaired) electrons. The summed E-state index contributed by atoms with van der Waals surface area (Å²) < 4.78 is 37.2. The van der Waals surface area contributed by atoms with Gasteiger partial charge in [-0.3, -0.25) is 23.7 Å². The van der Waals surface area contributed by atoms with Crippen LogP contribution in [-0.4, -0.2) is 63.3 Å². The average Bonchev–Trinajstić information content (AvgIpc) is 3.10. The molecule has 14 heteroatoms. The number of carbonyl (C=O) groups excluding carboxylic acids is 1. The molecule has 1 aliphatic rings. The summed E-state index contributed by atoms with van der Waals surface area (Å²) in [6.07, 6.45) is -2.57. The second-order valence-corrected chi connectivity index (χ2v) is 11.0. The first kappa shape index (κ1) is 28.1. The molecule has 1 saturated heterocycles. The Labute approximate surface area is 222 Å². The van der Waals surface area contributed by atoms with Crippen molar-refractivity contribution in [2.75, 3.05) is 13.7 Å². The fourth-order valence-corrected chi connectivity index (χ4v) is 5.90. The van der Waals surface area contributed by atoms with Gasteiger partial charge < -0.3 is 24.2 Å². The minimum atomic E-state index is -4.30. The van der Waals surface area contributed by atoms with Crippen molar-refractivity contribution in [1.29, 1.82) is 0 Å². The number of methoxy groups -OCH3 is 1. The third kappa shape index (κ3) is 5.74. The molecule has 204 valence electrons. The number of hydrogen-bond acceptors (Lipinski definition) is 10. The first-order chi connectivity index (χ1) is 17.9. The number of H-pyrrole nitrogens is 1. The smallest absolute Gasteiger partial charge is 0.459 e. The van der Waals surface area contributed by atoms with E-state index >= 15 is 0 Å². The van der Waals surface area contributed by atoms with Crippen molar-refractivity contribution in [3.63, 3.8) is 0 Å². The highest BCUT2D eigenvalue weighted by atomic mass is 32.1. The summed E-state index contributed by atoms with van der Waals surface area (Å²) in [5.41, 5.74) is -2.31. The predicted molar refractivity (Wildman–Crippen MR) is 139 cm³/mol. The molecule has 4 N–H and O–H groups in total. The van der Waals surface area contributed by atoms with Crippen molar-refractivity contribution in [2.45, 2.75) is 43.9 Å². The number of nitrogens with one attached hydrogen (secondary N) is 2. The van der Waals surface area contributed by atoms with E-state index in [1.165, 1.54) is 37.8 Å². The number of nitrogens with zero attached hydrogens (tertiary/aromatic N) is 1. The summed E-state index contributed by atoms with van der Waals surface area (Å²) in [4.78, 5) is 26.0. The van der Waals surface area contributed by atoms with E-state index in [2.05, 4.69) is 10.1 Å². The van der Waals surface area contributed by atoms with Crippen LogP contribution in [0.2, 0.25) is 0 Å². The van der Waals surface area contributed by atoms with Gasteiger partial charge in [0, 0.05) is 17.6 Å². The number of aliphatic hydroxyl groups excluding tert-OH is 1. The molecule has 1 aliphatic heterocycles. The quantitative estimate of drug-likeness (QED) is 0.171. The second kappa shape index (κ2) is 11.1. The SMILES string of the molecule is COC(=O)[C@H](C)N[P@](=O)(OC[C@H]1O[C@@H](n2ccc(=O)[nH]c2=S)C(C)(O)[C@H]1O)Oc1cccc2ccccc12. The summed E-state index contributed by atoms with van der Waals surface area (Å²) in [5.74, 6) is -0.476. The first-order valence-corrected chi connectivity index (χ1v) is 13.6. The highest BCUT2D eigenvalue weighted by molar-refractivity contribution is 7.71. The number of aromatic nitrogens is 2. The topological polar surface area (TPSA) is 161 Å². The maximum absolute atomic E-state index is 13.9. The molecule has 0 bridgehead atoms. The first-order valence-electron chi connectivity index (χ1n) is 11.6. The van der Waals surface area contributed by atoms with Crippen molar-refractivity contribution < 1.29 is 38.1 Å². The number of fused-ring (bicyclic) bond motifs is 1. The maximum atomic E-state index is 13.9. The molecule has 1 fully saturated rings. The summed E-state index contributed by atoms with van der Waals surface area (Å²) >= 11 is 5.16. The summed E-state index contributed by atoms with van der Waals surface area (Å²) in [6, 6.07) is 12.5. The van der Waals surface area contributed by atoms with E-state index in [1.807, 2.05) is 18.2 Å². The van der Waals surface area contributed by atoms with Crippen molar-refractivity contribution >= 4 is 36.7 Å². The molecule has 38 heavy (non-hydrogen) atoms. The molecule has 3 aromatic rings. The lowest BCUT2D eigenvalue weighted by Crippen LogP contribution is -2.45. The van der Waals surface area contributed by atoms with Crippen LogP contribution in [0.25, 0.3) is 10.8 Å². The molecule has 12 nitrogen and oxygen atoms in total. The standard InChI is InChI=1S/C24H28N3O9PS/c1-14(21(30)33-3)26-37(32,36-17-10-6-8-15-7-4-5-9-16(15)17)34-13-18-20(29)24(2,31)22(35-18)27-12-11-19(28)25-23(27)38/h4-12,14,18,20,22,29,31H,13H2,1-3H3,(H,26,32)(H,25,28,38)/t14-,18+,20-,22+,24?,37-/m0/s1. The summed E-state index contributed by atoms with van der Waals surface area (Å²) in [6.45, 7) is 2.25. The van der Waals surface area contributed by atoms with Crippen molar-refractivity contribution in [2.24, 2.45) is 0 Å². The zero-order chi connectivity index (χ0) is 27.7. The molecule has 2 heterocycles. The van der Waals surface area contributed by atoms with E-state index in [9.17, 15) is 24.4 Å². The Kier molecular flexibility index (Phi) is 8.19. The summed E-state index contributed by atoms with van der Waals surface area (Å²) in [5, 5.41) is 25.9. The lowest BCUT2D eigenvalue weighted by molar-refractivity contribution is -0.142. The number of aromatic amines is 1. The van der Waals surface area contributed by atoms with E-state index in [4.69, 9.17) is 30.7 Å². The van der Waals surface area contributed by atoms with Crippen LogP contribution in [0.4, 0.5) is 0 Å². The van der Waals surface area contributed by atoms with Crippen LogP contribution in [-0.2, 0) is 23.4 Å². The maximum Gasteiger partial charge on any atom is 0.459 e. The van der Waals surface area contributed by atoms with Crippen LogP contribution in [0.1, 0.15) is 20.1 Å². The van der Waals surface area contributed by atoms with Gasteiger partial charge in [-0.05, 0) is 37.5 Å². The van der Waals surface area contributed by atoms with Crippen LogP contribution in [0, 0.1) is 4.77 Å². The average molecular weight is 566 g/mol. The van der Waals surface area contributed by atoms with E-state index in [1.54, 1.807) is 24.3 Å². The van der Waals surface area contributed by atoms with E-state index in [-0.39, 0.29) is 10.5 Å². The Morgan fingerprint density at radius 1 is 1.29 bits per heavy atom. The van der Waals surface area contributed by atoms with Crippen LogP contribution >= 0.6 is 20.0 Å². The van der Waals surface area contributed by atoms with Crippen LogP contribution in [0.15, 0.2) is 59.5 Å². The molecule has 6 atom stereocenters. The normalized spacial score (nSPS) is 25.6. The monoisotopic (exact) mass is 565 g/mol. The van der Waals surface area contributed by atoms with E-state index in [0.717, 1.165) is 5.39 Å². The fraction of sp³-hybridized carbons (Fsp3) is 0.375. The Balaban J connectivity index is 1.60. The molecule has 1 aromatic heterocycles. The molecule has 0 spiro atoms. The van der Waals surface area contributed by atoms with E-state index < -0.39 is 56.0 Å². The van der Waals surface area contributed by atoms with Gasteiger partial charge in [-0.1, -0.05) is 36.4 Å². The van der Waals surface area contributed by atoms with Gasteiger partial charge in [0.1, 0.15) is 29.6 Å². The van der Waals surface area contributed by atoms with E-state index in [0.29, 0.717) is 5.39 Å². The largest absolute Gasteiger partial charge is 0.468 e. The third-order valence-electron chi connectivity index (χ3n) is 6.14. The highest BCUT2D eigenvalue weighted by Crippen LogP contribution is 2.48. The third-order valence-corrected chi connectivity index (χ3v) is 8.08. The minimum absolute atomic E-state index is 0.0323. The Morgan fingerprint density at radius 2 is 2.00 bits per heavy atom. The number of benzene rings is 2. The van der Waals surface area contributed by atoms with Gasteiger partial charge in [-0.2, -0.15) is 5.09 Å². The fourth-order valence-electron chi connectivity index (χ4n) is 4.12. The van der Waals surface area contributed by atoms with Gasteiger partial charge >= 0.3 is 13.7 Å². The Hall–Kier alpha value is -2.90. The lowest BCUT2D eigenvalue weighted by Gasteiger charge is -2.28. The predicted octanol–water partition coefficient (Wildman–Crippen LogP) is 2.42. The number of aliphatic hydroxyl groups is 2. The molecular formula is C24H28N3O9PS. The number of hydrogen-bond donors (Lipinski definition) is 4. The molecular weight excluding hydrogens is 537 g/mol. The highest BCUT2D eigenvalue weighted by Gasteiger charge is 2.53. The molecule has 1 unspecified atom stereocenters. The number of rotatable bonds is 9. The van der Waals surface area contributed by atoms with Crippen LogP contribution in [0.3, 0.4) is 0 Å². The second-order valence-electron chi connectivity index (χ2n) is 8.95. The number of ether oxygens (including phenoxy) is 2. The Bertz CT molecular complexity index is 1490. The van der Waals surface area contributed by atoms with Gasteiger partial charge in [0.05, 0.1) is 13.7 Å². The van der Waals surface area contributed by atoms with Crippen molar-refractivity contribution in [3.05, 3.63) is 69.9 Å². The molecule has 2 aromatic carbocycles. The molecule has 0 aliphatic carbocycles.